The Morgan fingerprint density at radius 1 is 1.62 bits per heavy atom. The number of nitrogens with zero attached hydrogens (tertiary/aromatic N) is 1. The van der Waals surface area contributed by atoms with Crippen LogP contribution >= 0.6 is 12.0 Å². The van der Waals surface area contributed by atoms with Gasteiger partial charge in [-0.15, -0.1) is 0 Å². The molecular formula is C5H8N2O5S. The Morgan fingerprint density at radius 2 is 2.23 bits per heavy atom. The molecule has 0 aromatic carbocycles. The van der Waals surface area contributed by atoms with E-state index in [0.717, 1.165) is 0 Å². The van der Waals surface area contributed by atoms with Gasteiger partial charge in [0.05, 0.1) is 17.8 Å². The van der Waals surface area contributed by atoms with Crippen LogP contribution in [0.1, 0.15) is 0 Å². The summed E-state index contributed by atoms with van der Waals surface area (Å²) < 4.78 is 4.33. The van der Waals surface area contributed by atoms with Crippen LogP contribution in [0.3, 0.4) is 0 Å². The Bertz CT molecular complexity index is 219. The SMILES string of the molecule is N[C@@H](CSO/N=C/C(=O)O)C(=O)O. The zero-order valence-corrected chi connectivity index (χ0v) is 7.23. The van der Waals surface area contributed by atoms with E-state index in [1.54, 1.807) is 0 Å². The molecule has 0 unspecified atom stereocenters. The molecule has 1 atom stereocenters. The molecule has 0 saturated heterocycles. The van der Waals surface area contributed by atoms with Crippen molar-refractivity contribution in [3.8, 4) is 0 Å². The Morgan fingerprint density at radius 3 is 2.69 bits per heavy atom. The van der Waals surface area contributed by atoms with Gasteiger partial charge < -0.3 is 20.2 Å². The molecule has 0 amide bonds. The maximum Gasteiger partial charge on any atom is 0.350 e. The lowest BCUT2D eigenvalue weighted by atomic mass is 10.4. The van der Waals surface area contributed by atoms with Crippen molar-refractivity contribution in [1.29, 1.82) is 0 Å². The minimum Gasteiger partial charge on any atom is -0.480 e. The summed E-state index contributed by atoms with van der Waals surface area (Å²) in [7, 11) is 0. The fraction of sp³-hybridized carbons (Fsp3) is 0.400. The molecule has 0 bridgehead atoms. The van der Waals surface area contributed by atoms with E-state index in [-0.39, 0.29) is 5.75 Å². The molecule has 0 rings (SSSR count). The Kier molecular flexibility index (Phi) is 5.64. The highest BCUT2D eigenvalue weighted by Crippen LogP contribution is 2.03. The molecule has 0 spiro atoms. The van der Waals surface area contributed by atoms with Gasteiger partial charge in [-0.2, -0.15) is 0 Å². The van der Waals surface area contributed by atoms with E-state index in [4.69, 9.17) is 15.9 Å². The van der Waals surface area contributed by atoms with Gasteiger partial charge in [-0.25, -0.2) is 4.79 Å². The van der Waals surface area contributed by atoms with Crippen LogP contribution in [0.2, 0.25) is 0 Å². The molecule has 0 fully saturated rings. The molecule has 0 aliphatic rings. The van der Waals surface area contributed by atoms with Gasteiger partial charge >= 0.3 is 11.9 Å². The molecule has 74 valence electrons. The second-order valence-electron chi connectivity index (χ2n) is 1.88. The van der Waals surface area contributed by atoms with Crippen molar-refractivity contribution < 1.29 is 24.1 Å². The maximum atomic E-state index is 10.1. The second kappa shape index (κ2) is 6.26. The molecule has 0 aliphatic heterocycles. The van der Waals surface area contributed by atoms with E-state index in [1.807, 2.05) is 0 Å². The standard InChI is InChI=1S/C5H8N2O5S/c6-3(5(10)11)2-13-12-7-1-4(8)9/h1,3H,2,6H2,(H,8,9)(H,10,11)/b7-1+/t3-/m0/s1. The van der Waals surface area contributed by atoms with Crippen molar-refractivity contribution in [2.45, 2.75) is 6.04 Å². The third-order valence-electron chi connectivity index (χ3n) is 0.824. The lowest BCUT2D eigenvalue weighted by Gasteiger charge is -2.01. The zero-order valence-electron chi connectivity index (χ0n) is 6.41. The van der Waals surface area contributed by atoms with Crippen molar-refractivity contribution in [2.24, 2.45) is 10.9 Å². The van der Waals surface area contributed by atoms with E-state index in [1.165, 1.54) is 0 Å². The van der Waals surface area contributed by atoms with E-state index in [2.05, 4.69) is 9.44 Å². The summed E-state index contributed by atoms with van der Waals surface area (Å²) in [4.78, 5) is 20.0. The first-order chi connectivity index (χ1) is 6.04. The minimum absolute atomic E-state index is 0.00765. The van der Waals surface area contributed by atoms with Gasteiger partial charge in [-0.3, -0.25) is 4.79 Å². The first kappa shape index (κ1) is 11.7. The van der Waals surface area contributed by atoms with Gasteiger partial charge in [0.15, 0.2) is 6.21 Å². The largest absolute Gasteiger partial charge is 0.480 e. The molecule has 0 saturated carbocycles. The number of aliphatic carboxylic acids is 2. The smallest absolute Gasteiger partial charge is 0.350 e. The third kappa shape index (κ3) is 7.09. The first-order valence-electron chi connectivity index (χ1n) is 3.07. The summed E-state index contributed by atoms with van der Waals surface area (Å²) in [5.41, 5.74) is 5.09. The number of oxime groups is 1. The fourth-order valence-electron chi connectivity index (χ4n) is 0.272. The highest BCUT2D eigenvalue weighted by Gasteiger charge is 2.11. The summed E-state index contributed by atoms with van der Waals surface area (Å²) >= 11 is 0.665. The average molecular weight is 208 g/mol. The highest BCUT2D eigenvalue weighted by atomic mass is 32.2. The number of carboxylic acids is 2. The normalized spacial score (nSPS) is 12.7. The maximum absolute atomic E-state index is 10.1. The molecular weight excluding hydrogens is 200 g/mol. The monoisotopic (exact) mass is 208 g/mol. The van der Waals surface area contributed by atoms with Crippen LogP contribution in [0.5, 0.6) is 0 Å². The van der Waals surface area contributed by atoms with Gasteiger partial charge in [0.2, 0.25) is 0 Å². The van der Waals surface area contributed by atoms with E-state index >= 15 is 0 Å². The minimum atomic E-state index is -1.25. The highest BCUT2D eigenvalue weighted by molar-refractivity contribution is 7.94. The lowest BCUT2D eigenvalue weighted by molar-refractivity contribution is -0.138. The fourth-order valence-corrected chi connectivity index (χ4v) is 0.726. The molecule has 0 radical (unpaired) electrons. The predicted molar refractivity (Wildman–Crippen MR) is 45.3 cm³/mol. The molecule has 0 aromatic heterocycles. The Hall–Kier alpha value is -1.28. The molecule has 13 heavy (non-hydrogen) atoms. The molecule has 4 N–H and O–H groups in total. The van der Waals surface area contributed by atoms with Crippen molar-refractivity contribution in [3.63, 3.8) is 0 Å². The van der Waals surface area contributed by atoms with Gasteiger partial charge in [0, 0.05) is 0 Å². The topological polar surface area (TPSA) is 122 Å². The Balaban J connectivity index is 3.46. The number of carbonyl (C=O) groups is 2. The van der Waals surface area contributed by atoms with Crippen LogP contribution < -0.4 is 5.73 Å². The van der Waals surface area contributed by atoms with Gasteiger partial charge in [-0.05, 0) is 0 Å². The molecule has 0 aliphatic carbocycles. The van der Waals surface area contributed by atoms with E-state index in [0.29, 0.717) is 18.3 Å². The van der Waals surface area contributed by atoms with Crippen LogP contribution in [0.15, 0.2) is 5.16 Å². The van der Waals surface area contributed by atoms with Crippen molar-refractivity contribution in [3.05, 3.63) is 0 Å². The van der Waals surface area contributed by atoms with Crippen LogP contribution in [-0.4, -0.2) is 40.2 Å². The second-order valence-corrected chi connectivity index (χ2v) is 2.59. The predicted octanol–water partition coefficient (Wildman–Crippen LogP) is -0.866. The Labute approximate surface area is 77.7 Å². The first-order valence-corrected chi connectivity index (χ1v) is 3.98. The van der Waals surface area contributed by atoms with Gasteiger partial charge in [-0.1, -0.05) is 5.16 Å². The molecule has 0 heterocycles. The lowest BCUT2D eigenvalue weighted by Crippen LogP contribution is -2.32. The summed E-state index contributed by atoms with van der Waals surface area (Å²) in [6.45, 7) is 0. The van der Waals surface area contributed by atoms with Crippen molar-refractivity contribution in [2.75, 3.05) is 5.75 Å². The van der Waals surface area contributed by atoms with Crippen LogP contribution in [0.4, 0.5) is 0 Å². The summed E-state index contributed by atoms with van der Waals surface area (Å²) in [6, 6.07) is -1.05. The molecule has 7 nitrogen and oxygen atoms in total. The van der Waals surface area contributed by atoms with Crippen LogP contribution in [0, 0.1) is 0 Å². The van der Waals surface area contributed by atoms with Crippen molar-refractivity contribution >= 4 is 30.2 Å². The zero-order chi connectivity index (χ0) is 10.3. The van der Waals surface area contributed by atoms with Crippen LogP contribution in [0.25, 0.3) is 0 Å². The average Bonchev–Trinajstić information content (AvgIpc) is 2.02. The van der Waals surface area contributed by atoms with Crippen molar-refractivity contribution in [1.82, 2.24) is 0 Å². The summed E-state index contributed by atoms with van der Waals surface area (Å²) in [5, 5.41) is 19.3. The van der Waals surface area contributed by atoms with E-state index in [9.17, 15) is 9.59 Å². The van der Waals surface area contributed by atoms with Gasteiger partial charge in [0.25, 0.3) is 0 Å². The molecule has 8 heteroatoms. The number of hydrogen-bond donors (Lipinski definition) is 3. The number of carboxylic acid groups (broad SMARTS) is 2. The van der Waals surface area contributed by atoms with E-state index < -0.39 is 18.0 Å². The summed E-state index contributed by atoms with van der Waals surface area (Å²) in [5.74, 6) is -2.41. The number of hydrogen-bond acceptors (Lipinski definition) is 6. The van der Waals surface area contributed by atoms with Crippen LogP contribution in [-0.2, 0) is 13.9 Å². The number of rotatable bonds is 6. The summed E-state index contributed by atoms with van der Waals surface area (Å²) in [6.07, 6.45) is 0.541. The molecule has 0 aromatic rings. The quantitative estimate of drug-likeness (QED) is 0.224. The third-order valence-corrected chi connectivity index (χ3v) is 1.51. The number of nitrogens with two attached hydrogens (primary N) is 1. The van der Waals surface area contributed by atoms with Gasteiger partial charge in [0.1, 0.15) is 6.04 Å².